The summed E-state index contributed by atoms with van der Waals surface area (Å²) >= 11 is 0. The molecule has 4 nitrogen and oxygen atoms in total. The van der Waals surface area contributed by atoms with E-state index in [2.05, 4.69) is 0 Å². The zero-order valence-corrected chi connectivity index (χ0v) is 9.47. The summed E-state index contributed by atoms with van der Waals surface area (Å²) in [6, 6.07) is 7.66. The van der Waals surface area contributed by atoms with Crippen LogP contribution in [0.5, 0.6) is 0 Å². The first-order valence-electron chi connectivity index (χ1n) is 5.91. The highest BCUT2D eigenvalue weighted by Crippen LogP contribution is 2.44. The summed E-state index contributed by atoms with van der Waals surface area (Å²) in [5.74, 6) is -0.761. The maximum atomic E-state index is 11.7. The van der Waals surface area contributed by atoms with E-state index in [1.807, 2.05) is 24.3 Å². The second-order valence-corrected chi connectivity index (χ2v) is 5.02. The lowest BCUT2D eigenvalue weighted by Gasteiger charge is -2.46. The topological polar surface area (TPSA) is 60.8 Å². The van der Waals surface area contributed by atoms with Crippen molar-refractivity contribution in [2.45, 2.75) is 30.7 Å². The van der Waals surface area contributed by atoms with Gasteiger partial charge in [-0.25, -0.2) is 0 Å². The highest BCUT2D eigenvalue weighted by atomic mass is 16.5. The maximum Gasteiger partial charge on any atom is 0.314 e. The first-order valence-corrected chi connectivity index (χ1v) is 5.91. The van der Waals surface area contributed by atoms with E-state index in [0.717, 1.165) is 17.5 Å². The van der Waals surface area contributed by atoms with Crippen LogP contribution < -0.4 is 0 Å². The molecule has 1 aromatic rings. The molecule has 2 N–H and O–H groups in total. The molecular weight excluding hydrogens is 218 g/mol. The fourth-order valence-electron chi connectivity index (χ4n) is 3.25. The third-order valence-corrected chi connectivity index (χ3v) is 4.17. The Bertz CT molecular complexity index is 473. The molecule has 0 aromatic heterocycles. The van der Waals surface area contributed by atoms with Crippen LogP contribution in [0.15, 0.2) is 24.3 Å². The van der Waals surface area contributed by atoms with Crippen molar-refractivity contribution < 1.29 is 15.1 Å². The van der Waals surface area contributed by atoms with Crippen molar-refractivity contribution in [3.63, 3.8) is 0 Å². The average Bonchev–Trinajstić information content (AvgIpc) is 2.34. The Kier molecular flexibility index (Phi) is 2.24. The normalized spacial score (nSPS) is 31.9. The zero-order chi connectivity index (χ0) is 12.0. The number of hydrogen-bond donors (Lipinski definition) is 2. The molecule has 2 atom stereocenters. The van der Waals surface area contributed by atoms with Gasteiger partial charge in [-0.1, -0.05) is 24.3 Å². The Morgan fingerprint density at radius 2 is 2.18 bits per heavy atom. The predicted octanol–water partition coefficient (Wildman–Crippen LogP) is 1.42. The number of carbonyl (C=O) groups is 1. The van der Waals surface area contributed by atoms with Crippen molar-refractivity contribution in [1.29, 1.82) is 0 Å². The highest BCUT2D eigenvalue weighted by molar-refractivity contribution is 5.83. The number of carboxylic acids is 1. The molecule has 1 aliphatic heterocycles. The zero-order valence-electron chi connectivity index (χ0n) is 9.47. The molecule has 1 aromatic carbocycles. The molecule has 0 amide bonds. The highest BCUT2D eigenvalue weighted by Gasteiger charge is 2.50. The van der Waals surface area contributed by atoms with Crippen LogP contribution in [0.3, 0.4) is 0 Å². The van der Waals surface area contributed by atoms with Gasteiger partial charge < -0.3 is 10.3 Å². The molecule has 1 fully saturated rings. The second kappa shape index (κ2) is 3.55. The van der Waals surface area contributed by atoms with Gasteiger partial charge in [-0.2, -0.15) is 5.06 Å². The van der Waals surface area contributed by atoms with Crippen LogP contribution in [-0.4, -0.2) is 33.9 Å². The second-order valence-electron chi connectivity index (χ2n) is 5.02. The van der Waals surface area contributed by atoms with E-state index in [1.54, 1.807) is 0 Å². The van der Waals surface area contributed by atoms with Gasteiger partial charge >= 0.3 is 5.97 Å². The Morgan fingerprint density at radius 1 is 1.41 bits per heavy atom. The summed E-state index contributed by atoms with van der Waals surface area (Å²) in [5, 5.41) is 20.7. The number of hydrogen-bond acceptors (Lipinski definition) is 3. The number of nitrogens with zero attached hydrogens (tertiary/aromatic N) is 1. The third kappa shape index (κ3) is 1.41. The molecular formula is C13H15NO3. The van der Waals surface area contributed by atoms with Crippen molar-refractivity contribution in [2.75, 3.05) is 6.54 Å². The van der Waals surface area contributed by atoms with Gasteiger partial charge in [0.05, 0.1) is 5.41 Å². The minimum absolute atomic E-state index is 0.0604. The van der Waals surface area contributed by atoms with E-state index in [-0.39, 0.29) is 6.04 Å². The molecule has 1 heterocycles. The molecule has 0 spiro atoms. The van der Waals surface area contributed by atoms with E-state index in [9.17, 15) is 15.1 Å². The molecule has 2 bridgehead atoms. The molecule has 4 heteroatoms. The van der Waals surface area contributed by atoms with Gasteiger partial charge in [0.25, 0.3) is 0 Å². The summed E-state index contributed by atoms with van der Waals surface area (Å²) in [7, 11) is 0. The lowest BCUT2D eigenvalue weighted by Crippen LogP contribution is -2.55. The van der Waals surface area contributed by atoms with Crippen LogP contribution in [0.4, 0.5) is 0 Å². The van der Waals surface area contributed by atoms with E-state index in [0.29, 0.717) is 19.4 Å². The number of aliphatic carboxylic acids is 1. The molecule has 0 radical (unpaired) electrons. The van der Waals surface area contributed by atoms with Crippen molar-refractivity contribution in [3.8, 4) is 0 Å². The van der Waals surface area contributed by atoms with Gasteiger partial charge in [-0.05, 0) is 30.4 Å². The van der Waals surface area contributed by atoms with Crippen molar-refractivity contribution >= 4 is 5.97 Å². The van der Waals surface area contributed by atoms with Crippen molar-refractivity contribution in [3.05, 3.63) is 35.4 Å². The van der Waals surface area contributed by atoms with Gasteiger partial charge in [0.2, 0.25) is 0 Å². The molecule has 0 saturated carbocycles. The molecule has 90 valence electrons. The van der Waals surface area contributed by atoms with Crippen LogP contribution in [0, 0.1) is 0 Å². The number of rotatable bonds is 1. The quantitative estimate of drug-likeness (QED) is 0.770. The molecule has 1 aliphatic carbocycles. The van der Waals surface area contributed by atoms with Crippen LogP contribution >= 0.6 is 0 Å². The smallest absolute Gasteiger partial charge is 0.314 e. The Morgan fingerprint density at radius 3 is 2.94 bits per heavy atom. The van der Waals surface area contributed by atoms with Gasteiger partial charge in [0.1, 0.15) is 0 Å². The first-order chi connectivity index (χ1) is 8.13. The Hall–Kier alpha value is -1.39. The summed E-state index contributed by atoms with van der Waals surface area (Å²) in [5.41, 5.74) is 1.21. The van der Waals surface area contributed by atoms with Crippen molar-refractivity contribution in [2.24, 2.45) is 0 Å². The Balaban J connectivity index is 2.16. The largest absolute Gasteiger partial charge is 0.481 e. The number of hydroxylamine groups is 2. The first kappa shape index (κ1) is 10.7. The van der Waals surface area contributed by atoms with Gasteiger partial charge in [-0.3, -0.25) is 4.79 Å². The SMILES string of the molecule is O=C(O)C12CCN(O)C(Cc3ccccc31)C2. The van der Waals surface area contributed by atoms with E-state index >= 15 is 0 Å². The standard InChI is InChI=1S/C13H15NO3/c15-12(16)13-5-6-14(17)10(8-13)7-9-3-1-2-4-11(9)13/h1-4,10,17H,5-8H2,(H,15,16). The fraction of sp³-hybridized carbons (Fsp3) is 0.462. The van der Waals surface area contributed by atoms with Crippen LogP contribution in [-0.2, 0) is 16.6 Å². The lowest BCUT2D eigenvalue weighted by atomic mass is 9.64. The summed E-state index contributed by atoms with van der Waals surface area (Å²) in [4.78, 5) is 11.7. The molecule has 1 saturated heterocycles. The molecule has 2 unspecified atom stereocenters. The number of benzene rings is 1. The van der Waals surface area contributed by atoms with E-state index in [1.165, 1.54) is 5.06 Å². The van der Waals surface area contributed by atoms with E-state index in [4.69, 9.17) is 0 Å². The maximum absolute atomic E-state index is 11.7. The minimum atomic E-state index is -0.793. The number of carboxylic acid groups (broad SMARTS) is 1. The molecule has 2 aliphatic rings. The van der Waals surface area contributed by atoms with Crippen LogP contribution in [0.1, 0.15) is 24.0 Å². The average molecular weight is 233 g/mol. The fourth-order valence-corrected chi connectivity index (χ4v) is 3.25. The van der Waals surface area contributed by atoms with Gasteiger partial charge in [-0.15, -0.1) is 0 Å². The van der Waals surface area contributed by atoms with Crippen molar-refractivity contribution in [1.82, 2.24) is 5.06 Å². The summed E-state index contributed by atoms with van der Waals surface area (Å²) in [6.45, 7) is 0.436. The predicted molar refractivity (Wildman–Crippen MR) is 61.0 cm³/mol. The third-order valence-electron chi connectivity index (χ3n) is 4.17. The monoisotopic (exact) mass is 233 g/mol. The lowest BCUT2D eigenvalue weighted by molar-refractivity contribution is -0.173. The minimum Gasteiger partial charge on any atom is -0.481 e. The summed E-state index contributed by atoms with van der Waals surface area (Å²) < 4.78 is 0. The molecule has 17 heavy (non-hydrogen) atoms. The number of piperidine rings is 1. The van der Waals surface area contributed by atoms with E-state index < -0.39 is 11.4 Å². The number of fused-ring (bicyclic) bond motifs is 4. The molecule has 3 rings (SSSR count). The Labute approximate surface area is 99.4 Å². The van der Waals surface area contributed by atoms with Gasteiger partial charge in [0.15, 0.2) is 0 Å². The van der Waals surface area contributed by atoms with Gasteiger partial charge in [0, 0.05) is 12.6 Å². The van der Waals surface area contributed by atoms with Crippen LogP contribution in [0.25, 0.3) is 0 Å². The van der Waals surface area contributed by atoms with Crippen LogP contribution in [0.2, 0.25) is 0 Å². The summed E-state index contributed by atoms with van der Waals surface area (Å²) in [6.07, 6.45) is 1.73.